The van der Waals surface area contributed by atoms with Crippen LogP contribution >= 0.6 is 0 Å². The van der Waals surface area contributed by atoms with Crippen molar-refractivity contribution in [2.75, 3.05) is 46.1 Å². The molecule has 1 heterocycles. The molecule has 0 bridgehead atoms. The number of likely N-dealkylation sites (tertiary alicyclic amines) is 1. The minimum absolute atomic E-state index is 0.194. The molecular weight excluding hydrogens is 266 g/mol. The highest BCUT2D eigenvalue weighted by atomic mass is 16.5. The fourth-order valence-corrected chi connectivity index (χ4v) is 2.90. The van der Waals surface area contributed by atoms with Gasteiger partial charge in [0, 0.05) is 25.7 Å². The molecule has 1 aliphatic rings. The molecule has 2 atom stereocenters. The number of nitrogens with two attached hydrogens (primary N) is 1. The second-order valence-electron chi connectivity index (χ2n) is 6.04. The summed E-state index contributed by atoms with van der Waals surface area (Å²) in [5.41, 5.74) is 6.53. The van der Waals surface area contributed by atoms with Crippen LogP contribution in [0.5, 0.6) is 5.75 Å². The number of hydrogen-bond donors (Lipinski definition) is 2. The Balaban J connectivity index is 1.73. The molecule has 118 valence electrons. The van der Waals surface area contributed by atoms with Gasteiger partial charge in [0.1, 0.15) is 5.75 Å². The molecule has 5 nitrogen and oxygen atoms in total. The van der Waals surface area contributed by atoms with Crippen LogP contribution in [0.4, 0.5) is 5.69 Å². The van der Waals surface area contributed by atoms with Crippen LogP contribution in [0.1, 0.15) is 12.8 Å². The average Bonchev–Trinajstić information content (AvgIpc) is 2.76. The molecule has 5 heteroatoms. The summed E-state index contributed by atoms with van der Waals surface area (Å²) in [5.74, 6) is 0.754. The van der Waals surface area contributed by atoms with Gasteiger partial charge >= 0.3 is 0 Å². The quantitative estimate of drug-likeness (QED) is 0.581. The summed E-state index contributed by atoms with van der Waals surface area (Å²) in [6.45, 7) is 3.35. The number of aliphatic hydroxyl groups is 1. The second kappa shape index (κ2) is 7.64. The number of hydrogen-bond acceptors (Lipinski definition) is 5. The van der Waals surface area contributed by atoms with Crippen molar-refractivity contribution in [1.29, 1.82) is 0 Å². The number of aliphatic hydroxyl groups excluding tert-OH is 1. The summed E-state index contributed by atoms with van der Waals surface area (Å²) in [5, 5.41) is 9.85. The molecule has 2 unspecified atom stereocenters. The average molecular weight is 293 g/mol. The Kier molecular flexibility index (Phi) is 5.85. The Labute approximate surface area is 127 Å². The maximum Gasteiger partial charge on any atom is 0.142 e. The zero-order chi connectivity index (χ0) is 15.2. The molecule has 0 aliphatic carbocycles. The van der Waals surface area contributed by atoms with E-state index in [0.29, 0.717) is 18.3 Å². The van der Waals surface area contributed by atoms with E-state index < -0.39 is 0 Å². The Morgan fingerprint density at radius 3 is 2.86 bits per heavy atom. The van der Waals surface area contributed by atoms with Crippen molar-refractivity contribution in [1.82, 2.24) is 9.80 Å². The highest BCUT2D eigenvalue weighted by Gasteiger charge is 2.30. The molecule has 1 fully saturated rings. The van der Waals surface area contributed by atoms with Gasteiger partial charge in [0.2, 0.25) is 0 Å². The molecule has 1 saturated heterocycles. The number of nitrogen functional groups attached to an aromatic ring is 1. The summed E-state index contributed by atoms with van der Waals surface area (Å²) in [6.07, 6.45) is 1.61. The Hall–Kier alpha value is -1.30. The van der Waals surface area contributed by atoms with E-state index in [1.165, 1.54) is 0 Å². The van der Waals surface area contributed by atoms with Crippen molar-refractivity contribution < 1.29 is 9.84 Å². The van der Waals surface area contributed by atoms with Crippen molar-refractivity contribution >= 4 is 5.69 Å². The topological polar surface area (TPSA) is 62.0 Å². The van der Waals surface area contributed by atoms with Gasteiger partial charge in [-0.2, -0.15) is 0 Å². The van der Waals surface area contributed by atoms with Crippen LogP contribution in [0.15, 0.2) is 24.3 Å². The van der Waals surface area contributed by atoms with Crippen LogP contribution < -0.4 is 10.5 Å². The highest BCUT2D eigenvalue weighted by molar-refractivity contribution is 5.51. The van der Waals surface area contributed by atoms with Crippen molar-refractivity contribution in [2.24, 2.45) is 0 Å². The first-order valence-electron chi connectivity index (χ1n) is 7.60. The lowest BCUT2D eigenvalue weighted by Crippen LogP contribution is -2.38. The van der Waals surface area contributed by atoms with E-state index in [9.17, 15) is 5.11 Å². The number of nitrogens with zero attached hydrogens (tertiary/aromatic N) is 2. The Morgan fingerprint density at radius 1 is 1.38 bits per heavy atom. The number of ether oxygens (including phenoxy) is 1. The maximum absolute atomic E-state index is 9.85. The van der Waals surface area contributed by atoms with Crippen LogP contribution in [0.25, 0.3) is 0 Å². The zero-order valence-electron chi connectivity index (χ0n) is 13.0. The summed E-state index contributed by atoms with van der Waals surface area (Å²) in [6, 6.07) is 8.01. The standard InChI is InChI=1S/C16H27N3O2/c1-18(2)11-13-10-14(20)12-19(13)8-5-9-21-16-7-4-3-6-15(16)17/h3-4,6-7,13-14,20H,5,8-12,17H2,1-2H3. The monoisotopic (exact) mass is 293 g/mol. The third kappa shape index (κ3) is 4.88. The third-order valence-electron chi connectivity index (χ3n) is 3.85. The van der Waals surface area contributed by atoms with E-state index in [2.05, 4.69) is 23.9 Å². The molecule has 3 N–H and O–H groups in total. The van der Waals surface area contributed by atoms with E-state index >= 15 is 0 Å². The number of β-amino-alcohol motifs (C(OH)–C–C–N with tert-alkyl or cyclic N) is 1. The van der Waals surface area contributed by atoms with E-state index in [4.69, 9.17) is 10.5 Å². The zero-order valence-corrected chi connectivity index (χ0v) is 13.0. The number of para-hydroxylation sites is 2. The molecule has 21 heavy (non-hydrogen) atoms. The predicted molar refractivity (Wildman–Crippen MR) is 85.5 cm³/mol. The van der Waals surface area contributed by atoms with Gasteiger partial charge in [-0.25, -0.2) is 0 Å². The molecule has 0 aromatic heterocycles. The lowest BCUT2D eigenvalue weighted by atomic mass is 10.2. The normalized spacial score (nSPS) is 22.9. The first-order chi connectivity index (χ1) is 10.1. The van der Waals surface area contributed by atoms with Gasteiger partial charge in [0.05, 0.1) is 18.4 Å². The Morgan fingerprint density at radius 2 is 2.14 bits per heavy atom. The van der Waals surface area contributed by atoms with Crippen LogP contribution in [0.2, 0.25) is 0 Å². The lowest BCUT2D eigenvalue weighted by molar-refractivity contribution is 0.166. The first kappa shape index (κ1) is 16.1. The summed E-state index contributed by atoms with van der Waals surface area (Å²) in [7, 11) is 4.15. The van der Waals surface area contributed by atoms with E-state index in [1.807, 2.05) is 24.3 Å². The number of likely N-dealkylation sites (N-methyl/N-ethyl adjacent to an activating group) is 1. The minimum atomic E-state index is -0.194. The second-order valence-corrected chi connectivity index (χ2v) is 6.04. The lowest BCUT2D eigenvalue weighted by Gasteiger charge is -2.26. The molecule has 1 aliphatic heterocycles. The number of benzene rings is 1. The van der Waals surface area contributed by atoms with Crippen LogP contribution in [-0.2, 0) is 0 Å². The van der Waals surface area contributed by atoms with Crippen LogP contribution in [0.3, 0.4) is 0 Å². The van der Waals surface area contributed by atoms with E-state index in [-0.39, 0.29) is 6.10 Å². The molecule has 2 rings (SSSR count). The van der Waals surface area contributed by atoms with Crippen molar-refractivity contribution in [3.8, 4) is 5.75 Å². The van der Waals surface area contributed by atoms with Gasteiger partial charge in [-0.3, -0.25) is 4.90 Å². The molecule has 0 radical (unpaired) electrons. The molecular formula is C16H27N3O2. The molecule has 1 aromatic carbocycles. The summed E-state index contributed by atoms with van der Waals surface area (Å²) >= 11 is 0. The van der Waals surface area contributed by atoms with Crippen molar-refractivity contribution in [3.05, 3.63) is 24.3 Å². The Bertz CT molecular complexity index is 439. The molecule has 0 amide bonds. The number of rotatable bonds is 7. The van der Waals surface area contributed by atoms with Gasteiger partial charge in [-0.15, -0.1) is 0 Å². The van der Waals surface area contributed by atoms with Gasteiger partial charge < -0.3 is 20.5 Å². The van der Waals surface area contributed by atoms with E-state index in [1.54, 1.807) is 0 Å². The van der Waals surface area contributed by atoms with Gasteiger partial charge in [-0.05, 0) is 39.1 Å². The third-order valence-corrected chi connectivity index (χ3v) is 3.85. The fraction of sp³-hybridized carbons (Fsp3) is 0.625. The molecule has 0 spiro atoms. The minimum Gasteiger partial charge on any atom is -0.491 e. The molecule has 1 aromatic rings. The highest BCUT2D eigenvalue weighted by Crippen LogP contribution is 2.21. The predicted octanol–water partition coefficient (Wildman–Crippen LogP) is 1.03. The van der Waals surface area contributed by atoms with Gasteiger partial charge in [0.15, 0.2) is 0 Å². The molecule has 0 saturated carbocycles. The smallest absolute Gasteiger partial charge is 0.142 e. The van der Waals surface area contributed by atoms with Crippen molar-refractivity contribution in [2.45, 2.75) is 25.0 Å². The van der Waals surface area contributed by atoms with Gasteiger partial charge in [-0.1, -0.05) is 12.1 Å². The van der Waals surface area contributed by atoms with Crippen LogP contribution in [-0.4, -0.2) is 67.4 Å². The van der Waals surface area contributed by atoms with E-state index in [0.717, 1.165) is 38.2 Å². The first-order valence-corrected chi connectivity index (χ1v) is 7.60. The summed E-state index contributed by atoms with van der Waals surface area (Å²) in [4.78, 5) is 4.54. The van der Waals surface area contributed by atoms with Crippen LogP contribution in [0, 0.1) is 0 Å². The van der Waals surface area contributed by atoms with Crippen molar-refractivity contribution in [3.63, 3.8) is 0 Å². The summed E-state index contributed by atoms with van der Waals surface area (Å²) < 4.78 is 5.72. The SMILES string of the molecule is CN(C)CC1CC(O)CN1CCCOc1ccccc1N. The number of anilines is 1. The fourth-order valence-electron chi connectivity index (χ4n) is 2.90. The maximum atomic E-state index is 9.85. The van der Waals surface area contributed by atoms with Gasteiger partial charge in [0.25, 0.3) is 0 Å². The largest absolute Gasteiger partial charge is 0.491 e.